The van der Waals surface area contributed by atoms with Gasteiger partial charge in [-0.1, -0.05) is 31.7 Å². The Bertz CT molecular complexity index is 489. The molecule has 0 heterocycles. The second kappa shape index (κ2) is 8.60. The third-order valence-electron chi connectivity index (χ3n) is 3.41. The van der Waals surface area contributed by atoms with E-state index in [1.807, 2.05) is 0 Å². The molecule has 0 fully saturated rings. The van der Waals surface area contributed by atoms with Gasteiger partial charge in [0.1, 0.15) is 0 Å². The molecule has 0 saturated carbocycles. The second-order valence-corrected chi connectivity index (χ2v) is 5.32. The minimum atomic E-state index is -4.06. The van der Waals surface area contributed by atoms with Crippen molar-refractivity contribution < 1.29 is 23.2 Å². The Labute approximate surface area is 127 Å². The molecule has 0 aliphatic heterocycles. The van der Waals surface area contributed by atoms with Gasteiger partial charge in [-0.05, 0) is 30.9 Å². The van der Waals surface area contributed by atoms with Gasteiger partial charge in [-0.15, -0.1) is 0 Å². The summed E-state index contributed by atoms with van der Waals surface area (Å²) in [7, 11) is 0. The van der Waals surface area contributed by atoms with Crippen LogP contribution in [0, 0.1) is 10.1 Å². The Morgan fingerprint density at radius 2 is 1.64 bits per heavy atom. The fourth-order valence-electron chi connectivity index (χ4n) is 2.24. The van der Waals surface area contributed by atoms with E-state index >= 15 is 0 Å². The second-order valence-electron chi connectivity index (χ2n) is 5.32. The zero-order valence-electron chi connectivity index (χ0n) is 12.2. The molecule has 124 valence electrons. The minimum Gasteiger partial charge on any atom is -0.502 e. The van der Waals surface area contributed by atoms with Crippen molar-refractivity contribution in [1.29, 1.82) is 0 Å². The molecule has 7 heteroatoms. The number of benzene rings is 1. The van der Waals surface area contributed by atoms with Crippen LogP contribution in [-0.4, -0.2) is 16.2 Å². The SMILES string of the molecule is O=[N+]([O-])c1ccc(CCCCCCCCC(F)(F)F)cc1O. The van der Waals surface area contributed by atoms with Crippen molar-refractivity contribution in [3.05, 3.63) is 33.9 Å². The first-order valence-corrected chi connectivity index (χ1v) is 7.32. The van der Waals surface area contributed by atoms with Crippen LogP contribution >= 0.6 is 0 Å². The number of hydrogen-bond donors (Lipinski definition) is 1. The Hall–Kier alpha value is -1.79. The average Bonchev–Trinajstić information content (AvgIpc) is 2.40. The maximum Gasteiger partial charge on any atom is 0.389 e. The largest absolute Gasteiger partial charge is 0.502 e. The zero-order chi connectivity index (χ0) is 16.6. The molecule has 22 heavy (non-hydrogen) atoms. The highest BCUT2D eigenvalue weighted by Crippen LogP contribution is 2.27. The molecule has 0 bridgehead atoms. The molecule has 0 radical (unpaired) electrons. The van der Waals surface area contributed by atoms with Gasteiger partial charge in [-0.2, -0.15) is 13.2 Å². The van der Waals surface area contributed by atoms with E-state index in [4.69, 9.17) is 0 Å². The zero-order valence-corrected chi connectivity index (χ0v) is 12.2. The molecule has 0 aliphatic rings. The van der Waals surface area contributed by atoms with Crippen LogP contribution in [0.1, 0.15) is 50.5 Å². The van der Waals surface area contributed by atoms with Gasteiger partial charge in [0.05, 0.1) is 4.92 Å². The summed E-state index contributed by atoms with van der Waals surface area (Å²) in [6.45, 7) is 0. The van der Waals surface area contributed by atoms with Gasteiger partial charge in [-0.25, -0.2) is 0 Å². The van der Waals surface area contributed by atoms with Gasteiger partial charge in [0.2, 0.25) is 0 Å². The van der Waals surface area contributed by atoms with Crippen LogP contribution in [0.15, 0.2) is 18.2 Å². The number of rotatable bonds is 9. The number of phenolic OH excluding ortho intramolecular Hbond substituents is 1. The number of nitro groups is 1. The lowest BCUT2D eigenvalue weighted by Crippen LogP contribution is -2.06. The minimum absolute atomic E-state index is 0.180. The van der Waals surface area contributed by atoms with E-state index in [0.29, 0.717) is 12.8 Å². The normalized spacial score (nSPS) is 11.6. The first-order chi connectivity index (χ1) is 10.3. The van der Waals surface area contributed by atoms with Gasteiger partial charge < -0.3 is 5.11 Å². The summed E-state index contributed by atoms with van der Waals surface area (Å²) in [4.78, 5) is 9.92. The van der Waals surface area contributed by atoms with Crippen LogP contribution in [0.4, 0.5) is 18.9 Å². The molecule has 4 nitrogen and oxygen atoms in total. The topological polar surface area (TPSA) is 63.4 Å². The molecule has 0 aromatic heterocycles. The van der Waals surface area contributed by atoms with Crippen molar-refractivity contribution in [3.8, 4) is 5.75 Å². The number of phenols is 1. The molecular formula is C15H20F3NO3. The third-order valence-corrected chi connectivity index (χ3v) is 3.41. The maximum atomic E-state index is 11.9. The number of nitrogens with zero attached hydrogens (tertiary/aromatic N) is 1. The molecule has 0 atom stereocenters. The number of hydrogen-bond acceptors (Lipinski definition) is 3. The van der Waals surface area contributed by atoms with E-state index in [0.717, 1.165) is 31.2 Å². The number of aryl methyl sites for hydroxylation is 1. The standard InChI is InChI=1S/C15H20F3NO3/c16-15(17,18)10-6-4-2-1-3-5-7-12-8-9-13(19(21)22)14(20)11-12/h8-9,11,20H,1-7,10H2. The molecule has 1 aromatic carbocycles. The Morgan fingerprint density at radius 1 is 1.05 bits per heavy atom. The monoisotopic (exact) mass is 319 g/mol. The number of halogens is 3. The van der Waals surface area contributed by atoms with Crippen LogP contribution in [-0.2, 0) is 6.42 Å². The Morgan fingerprint density at radius 3 is 2.18 bits per heavy atom. The lowest BCUT2D eigenvalue weighted by atomic mass is 10.0. The first-order valence-electron chi connectivity index (χ1n) is 7.32. The highest BCUT2D eigenvalue weighted by Gasteiger charge is 2.25. The molecule has 1 aromatic rings. The molecule has 0 aliphatic carbocycles. The highest BCUT2D eigenvalue weighted by molar-refractivity contribution is 5.47. The number of unbranched alkanes of at least 4 members (excludes halogenated alkanes) is 5. The fraction of sp³-hybridized carbons (Fsp3) is 0.600. The molecule has 0 spiro atoms. The van der Waals surface area contributed by atoms with E-state index in [-0.39, 0.29) is 17.9 Å². The molecule has 0 unspecified atom stereocenters. The molecule has 1 N–H and O–H groups in total. The van der Waals surface area contributed by atoms with E-state index < -0.39 is 17.5 Å². The number of nitro benzene ring substituents is 1. The summed E-state index contributed by atoms with van der Waals surface area (Å²) in [5.41, 5.74) is 0.508. The number of alkyl halides is 3. The van der Waals surface area contributed by atoms with Crippen molar-refractivity contribution in [2.75, 3.05) is 0 Å². The highest BCUT2D eigenvalue weighted by atomic mass is 19.4. The maximum absolute atomic E-state index is 11.9. The van der Waals surface area contributed by atoms with Gasteiger partial charge in [-0.3, -0.25) is 10.1 Å². The number of aromatic hydroxyl groups is 1. The van der Waals surface area contributed by atoms with E-state index in [9.17, 15) is 28.4 Å². The lowest BCUT2D eigenvalue weighted by molar-refractivity contribution is -0.385. The van der Waals surface area contributed by atoms with Gasteiger partial charge in [0.15, 0.2) is 5.75 Å². The molecule has 1 rings (SSSR count). The molecule has 0 amide bonds. The van der Waals surface area contributed by atoms with E-state index in [2.05, 4.69) is 0 Å². The summed E-state index contributed by atoms with van der Waals surface area (Å²) in [5, 5.41) is 20.0. The summed E-state index contributed by atoms with van der Waals surface area (Å²) in [6.07, 6.45) is 0.0668. The van der Waals surface area contributed by atoms with Gasteiger partial charge >= 0.3 is 11.9 Å². The van der Waals surface area contributed by atoms with Crippen LogP contribution < -0.4 is 0 Å². The summed E-state index contributed by atoms with van der Waals surface area (Å²) in [6, 6.07) is 4.28. The van der Waals surface area contributed by atoms with Crippen molar-refractivity contribution in [2.24, 2.45) is 0 Å². The smallest absolute Gasteiger partial charge is 0.389 e. The first kappa shape index (κ1) is 18.3. The van der Waals surface area contributed by atoms with Crippen LogP contribution in [0.5, 0.6) is 5.75 Å². The van der Waals surface area contributed by atoms with Crippen molar-refractivity contribution in [1.82, 2.24) is 0 Å². The van der Waals surface area contributed by atoms with Crippen LogP contribution in [0.25, 0.3) is 0 Å². The predicted octanol–water partition coefficient (Wildman–Crippen LogP) is 5.14. The third kappa shape index (κ3) is 7.28. The average molecular weight is 319 g/mol. The fourth-order valence-corrected chi connectivity index (χ4v) is 2.24. The van der Waals surface area contributed by atoms with Crippen LogP contribution in [0.3, 0.4) is 0 Å². The Balaban J connectivity index is 2.15. The van der Waals surface area contributed by atoms with E-state index in [1.165, 1.54) is 12.1 Å². The quantitative estimate of drug-likeness (QED) is 0.389. The van der Waals surface area contributed by atoms with Gasteiger partial charge in [0.25, 0.3) is 0 Å². The summed E-state index contributed by atoms with van der Waals surface area (Å²) in [5.74, 6) is -0.338. The Kier molecular flexibility index (Phi) is 7.14. The van der Waals surface area contributed by atoms with Crippen molar-refractivity contribution >= 4 is 5.69 Å². The molecule has 0 saturated heterocycles. The molecular weight excluding hydrogens is 299 g/mol. The van der Waals surface area contributed by atoms with Gasteiger partial charge in [0, 0.05) is 12.5 Å². The predicted molar refractivity (Wildman–Crippen MR) is 76.8 cm³/mol. The van der Waals surface area contributed by atoms with Crippen molar-refractivity contribution in [3.63, 3.8) is 0 Å². The summed E-state index contributed by atoms with van der Waals surface area (Å²) >= 11 is 0. The van der Waals surface area contributed by atoms with E-state index in [1.54, 1.807) is 6.07 Å². The van der Waals surface area contributed by atoms with Crippen molar-refractivity contribution in [2.45, 2.75) is 57.5 Å². The van der Waals surface area contributed by atoms with Crippen LogP contribution in [0.2, 0.25) is 0 Å². The summed E-state index contributed by atoms with van der Waals surface area (Å²) < 4.78 is 35.8. The lowest BCUT2D eigenvalue weighted by Gasteiger charge is -2.06.